The monoisotopic (exact) mass is 307 g/mol. The smallest absolute Gasteiger partial charge is 0.407 e. The van der Waals surface area contributed by atoms with Crippen LogP contribution in [0.5, 0.6) is 0 Å². The number of rotatable bonds is 6. The van der Waals surface area contributed by atoms with Crippen LogP contribution in [0.3, 0.4) is 0 Å². The van der Waals surface area contributed by atoms with Crippen LogP contribution in [-0.4, -0.2) is 36.7 Å². The summed E-state index contributed by atoms with van der Waals surface area (Å²) in [6.45, 7) is 5.96. The molecule has 0 aliphatic rings. The van der Waals surface area contributed by atoms with Crippen molar-refractivity contribution in [3.63, 3.8) is 0 Å². The van der Waals surface area contributed by atoms with E-state index in [9.17, 15) is 9.59 Å². The lowest BCUT2D eigenvalue weighted by atomic mass is 10.1. The molecule has 0 bridgehead atoms. The zero-order chi connectivity index (χ0) is 16.6. The summed E-state index contributed by atoms with van der Waals surface area (Å²) in [4.78, 5) is 23.2. The molecule has 4 N–H and O–H groups in total. The predicted molar refractivity (Wildman–Crippen MR) is 85.4 cm³/mol. The van der Waals surface area contributed by atoms with Crippen LogP contribution in [0.2, 0.25) is 0 Å². The molecule has 0 saturated carbocycles. The Morgan fingerprint density at radius 1 is 1.14 bits per heavy atom. The van der Waals surface area contributed by atoms with E-state index in [1.807, 2.05) is 30.3 Å². The highest BCUT2D eigenvalue weighted by Gasteiger charge is 2.16. The third-order valence-electron chi connectivity index (χ3n) is 2.73. The van der Waals surface area contributed by atoms with E-state index in [-0.39, 0.29) is 5.91 Å². The van der Waals surface area contributed by atoms with Gasteiger partial charge >= 0.3 is 6.09 Å². The lowest BCUT2D eigenvalue weighted by Gasteiger charge is -2.19. The zero-order valence-corrected chi connectivity index (χ0v) is 13.4. The Kier molecular flexibility index (Phi) is 6.85. The molecule has 122 valence electrons. The summed E-state index contributed by atoms with van der Waals surface area (Å²) >= 11 is 0. The van der Waals surface area contributed by atoms with Crippen LogP contribution in [0, 0.1) is 0 Å². The number of nitrogens with one attached hydrogen (secondary N) is 2. The van der Waals surface area contributed by atoms with Gasteiger partial charge in [-0.15, -0.1) is 0 Å². The van der Waals surface area contributed by atoms with Gasteiger partial charge in [0.05, 0.1) is 6.04 Å². The van der Waals surface area contributed by atoms with Crippen molar-refractivity contribution in [3.8, 4) is 0 Å². The van der Waals surface area contributed by atoms with E-state index in [1.165, 1.54) is 0 Å². The Morgan fingerprint density at radius 3 is 2.32 bits per heavy atom. The zero-order valence-electron chi connectivity index (χ0n) is 13.4. The van der Waals surface area contributed by atoms with Gasteiger partial charge in [-0.2, -0.15) is 0 Å². The lowest BCUT2D eigenvalue weighted by Crippen LogP contribution is -2.45. The third-order valence-corrected chi connectivity index (χ3v) is 2.73. The molecule has 0 unspecified atom stereocenters. The summed E-state index contributed by atoms with van der Waals surface area (Å²) in [5.74, 6) is -0.241. The van der Waals surface area contributed by atoms with Gasteiger partial charge in [0.25, 0.3) is 0 Å². The quantitative estimate of drug-likeness (QED) is 0.688. The maximum atomic E-state index is 11.8. The van der Waals surface area contributed by atoms with Crippen LogP contribution in [0.1, 0.15) is 26.3 Å². The minimum absolute atomic E-state index is 0.241. The van der Waals surface area contributed by atoms with Gasteiger partial charge in [0.2, 0.25) is 5.91 Å². The first kappa shape index (κ1) is 18.0. The number of nitrogens with two attached hydrogens (primary N) is 1. The molecule has 1 rings (SSSR count). The van der Waals surface area contributed by atoms with E-state index in [0.29, 0.717) is 19.5 Å². The van der Waals surface area contributed by atoms with Crippen molar-refractivity contribution < 1.29 is 14.3 Å². The van der Waals surface area contributed by atoms with Gasteiger partial charge in [0.1, 0.15) is 5.60 Å². The fourth-order valence-corrected chi connectivity index (χ4v) is 1.76. The predicted octanol–water partition coefficient (Wildman–Crippen LogP) is 1.20. The van der Waals surface area contributed by atoms with E-state index in [1.54, 1.807) is 20.8 Å². The van der Waals surface area contributed by atoms with Gasteiger partial charge in [0.15, 0.2) is 0 Å². The van der Waals surface area contributed by atoms with Crippen LogP contribution < -0.4 is 16.4 Å². The molecule has 1 aromatic rings. The van der Waals surface area contributed by atoms with Crippen LogP contribution in [0.15, 0.2) is 30.3 Å². The van der Waals surface area contributed by atoms with E-state index in [2.05, 4.69) is 10.6 Å². The van der Waals surface area contributed by atoms with Crippen molar-refractivity contribution in [1.29, 1.82) is 0 Å². The van der Waals surface area contributed by atoms with Crippen LogP contribution >= 0.6 is 0 Å². The Balaban J connectivity index is 2.21. The van der Waals surface area contributed by atoms with E-state index in [4.69, 9.17) is 10.5 Å². The second-order valence-corrected chi connectivity index (χ2v) is 6.02. The molecule has 1 atom stereocenters. The molecule has 0 heterocycles. The minimum atomic E-state index is -0.607. The van der Waals surface area contributed by atoms with Crippen molar-refractivity contribution >= 4 is 12.0 Å². The van der Waals surface area contributed by atoms with Gasteiger partial charge in [-0.25, -0.2) is 4.79 Å². The Bertz CT molecular complexity index is 483. The summed E-state index contributed by atoms with van der Waals surface area (Å²) in [5, 5.41) is 5.25. The highest BCUT2D eigenvalue weighted by Crippen LogP contribution is 2.06. The number of hydrogen-bond donors (Lipinski definition) is 3. The average Bonchev–Trinajstić information content (AvgIpc) is 2.42. The van der Waals surface area contributed by atoms with Gasteiger partial charge in [0, 0.05) is 13.1 Å². The molecular formula is C16H25N3O3. The maximum absolute atomic E-state index is 11.8. The Labute approximate surface area is 131 Å². The van der Waals surface area contributed by atoms with Crippen molar-refractivity contribution in [1.82, 2.24) is 10.6 Å². The molecule has 0 spiro atoms. The number of hydrogen-bond acceptors (Lipinski definition) is 4. The van der Waals surface area contributed by atoms with Crippen LogP contribution in [0.4, 0.5) is 4.79 Å². The molecule has 0 radical (unpaired) electrons. The number of ether oxygens (including phenoxy) is 1. The second kappa shape index (κ2) is 8.38. The molecule has 0 aromatic heterocycles. The number of benzene rings is 1. The molecule has 6 heteroatoms. The standard InChI is InChI=1S/C16H25N3O3/c1-16(2,3)22-15(21)19-10-9-18-14(20)13(17)11-12-7-5-4-6-8-12/h4-8,13H,9-11,17H2,1-3H3,(H,18,20)(H,19,21)/t13-/m1/s1. The first-order chi connectivity index (χ1) is 10.3. The van der Waals surface area contributed by atoms with Crippen molar-refractivity contribution in [3.05, 3.63) is 35.9 Å². The fourth-order valence-electron chi connectivity index (χ4n) is 1.76. The van der Waals surface area contributed by atoms with Gasteiger partial charge in [-0.3, -0.25) is 4.79 Å². The number of carbonyl (C=O) groups is 2. The maximum Gasteiger partial charge on any atom is 0.407 e. The summed E-state index contributed by atoms with van der Waals surface area (Å²) in [6.07, 6.45) is -0.0260. The second-order valence-electron chi connectivity index (χ2n) is 6.02. The molecule has 2 amide bonds. The van der Waals surface area contributed by atoms with E-state index >= 15 is 0 Å². The molecule has 1 aromatic carbocycles. The highest BCUT2D eigenvalue weighted by atomic mass is 16.6. The summed E-state index contributed by atoms with van der Waals surface area (Å²) in [5.41, 5.74) is 6.33. The van der Waals surface area contributed by atoms with Crippen molar-refractivity contribution in [2.24, 2.45) is 5.73 Å². The van der Waals surface area contributed by atoms with E-state index < -0.39 is 17.7 Å². The third kappa shape index (κ3) is 7.64. The highest BCUT2D eigenvalue weighted by molar-refractivity contribution is 5.81. The number of alkyl carbamates (subject to hydrolysis) is 1. The molecule has 0 aliphatic heterocycles. The first-order valence-electron chi connectivity index (χ1n) is 7.32. The molecule has 0 aliphatic carbocycles. The molecule has 0 saturated heterocycles. The lowest BCUT2D eigenvalue weighted by molar-refractivity contribution is -0.122. The molecule has 0 fully saturated rings. The molecule has 6 nitrogen and oxygen atoms in total. The first-order valence-corrected chi connectivity index (χ1v) is 7.32. The normalized spacial score (nSPS) is 12.4. The molecule has 22 heavy (non-hydrogen) atoms. The summed E-state index contributed by atoms with van der Waals surface area (Å²) < 4.78 is 5.08. The van der Waals surface area contributed by atoms with Crippen LogP contribution in [-0.2, 0) is 16.0 Å². The number of carbonyl (C=O) groups excluding carboxylic acids is 2. The Hall–Kier alpha value is -2.08. The molecular weight excluding hydrogens is 282 g/mol. The van der Waals surface area contributed by atoms with Gasteiger partial charge in [-0.05, 0) is 32.8 Å². The summed E-state index contributed by atoms with van der Waals surface area (Å²) in [7, 11) is 0. The van der Waals surface area contributed by atoms with Gasteiger partial charge < -0.3 is 21.1 Å². The van der Waals surface area contributed by atoms with Gasteiger partial charge in [-0.1, -0.05) is 30.3 Å². The number of amides is 2. The Morgan fingerprint density at radius 2 is 1.73 bits per heavy atom. The minimum Gasteiger partial charge on any atom is -0.444 e. The summed E-state index contributed by atoms with van der Waals surface area (Å²) in [6, 6.07) is 8.98. The van der Waals surface area contributed by atoms with E-state index in [0.717, 1.165) is 5.56 Å². The van der Waals surface area contributed by atoms with Crippen molar-refractivity contribution in [2.45, 2.75) is 38.8 Å². The van der Waals surface area contributed by atoms with Crippen molar-refractivity contribution in [2.75, 3.05) is 13.1 Å². The largest absolute Gasteiger partial charge is 0.444 e. The van der Waals surface area contributed by atoms with Crippen LogP contribution in [0.25, 0.3) is 0 Å². The fraction of sp³-hybridized carbons (Fsp3) is 0.500. The average molecular weight is 307 g/mol. The topological polar surface area (TPSA) is 93.5 Å². The SMILES string of the molecule is CC(C)(C)OC(=O)NCCNC(=O)[C@H](N)Cc1ccccc1.